The number of fused-ring (bicyclic) bond motifs is 9. The first-order chi connectivity index (χ1) is 22.4. The molecule has 0 aromatic carbocycles. The minimum Gasteiger partial charge on any atom is -0.450 e. The Morgan fingerprint density at radius 2 is 1.89 bits per heavy atom. The summed E-state index contributed by atoms with van der Waals surface area (Å²) in [5, 5.41) is 58.0. The van der Waals surface area contributed by atoms with Crippen LogP contribution in [0.15, 0.2) is 35.5 Å². The van der Waals surface area contributed by atoms with Gasteiger partial charge in [0.2, 0.25) is 0 Å². The van der Waals surface area contributed by atoms with Crippen LogP contribution in [0.4, 0.5) is 0 Å². The summed E-state index contributed by atoms with van der Waals surface area (Å²) in [7, 11) is 1.90. The molecule has 1 aliphatic heterocycles. The normalized spacial score (nSPS) is 54.0. The fourth-order valence-corrected chi connectivity index (χ4v) is 13.5. The third-order valence-corrected chi connectivity index (χ3v) is 15.6. The van der Waals surface area contributed by atoms with E-state index in [2.05, 4.69) is 42.7 Å². The molecule has 0 aromatic heterocycles. The van der Waals surface area contributed by atoms with E-state index in [-0.39, 0.29) is 36.1 Å². The van der Waals surface area contributed by atoms with Crippen molar-refractivity contribution in [1.29, 1.82) is 0 Å². The predicted octanol–water partition coefficient (Wildman–Crippen LogP) is 2.43. The molecule has 0 saturated heterocycles. The Kier molecular flexibility index (Phi) is 7.44. The van der Waals surface area contributed by atoms with Crippen molar-refractivity contribution in [3.8, 4) is 0 Å². The quantitative estimate of drug-likeness (QED) is 0.110. The van der Waals surface area contributed by atoms with Crippen LogP contribution in [0.5, 0.6) is 0 Å². The Morgan fingerprint density at radius 3 is 2.66 bits per heavy atom. The third-order valence-electron chi connectivity index (χ3n) is 15.6. The molecule has 5 saturated carbocycles. The van der Waals surface area contributed by atoms with Crippen LogP contribution in [-0.4, -0.2) is 88.4 Å². The molecule has 5 fully saturated rings. The highest BCUT2D eigenvalue weighted by Gasteiger charge is 2.82. The first kappa shape index (κ1) is 32.3. The first-order valence-corrected chi connectivity index (χ1v) is 18.3. The second-order valence-electron chi connectivity index (χ2n) is 17.2. The number of allylic oxidation sites excluding steroid dienone is 3. The van der Waals surface area contributed by atoms with E-state index in [1.165, 1.54) is 0 Å². The fraction of sp³-hybridized carbons (Fsp3) is 0.789. The average molecular weight is 651 g/mol. The second-order valence-corrected chi connectivity index (χ2v) is 17.2. The van der Waals surface area contributed by atoms with Crippen LogP contribution < -0.4 is 10.6 Å². The number of ether oxygens (including phenoxy) is 1. The van der Waals surface area contributed by atoms with E-state index in [0.29, 0.717) is 57.4 Å². The lowest BCUT2D eigenvalue weighted by atomic mass is 9.36. The van der Waals surface area contributed by atoms with E-state index < -0.39 is 57.6 Å². The number of hydrogen-bond acceptors (Lipinski definition) is 9. The molecule has 0 spiro atoms. The summed E-state index contributed by atoms with van der Waals surface area (Å²) >= 11 is 0. The van der Waals surface area contributed by atoms with Gasteiger partial charge < -0.3 is 40.6 Å². The van der Waals surface area contributed by atoms with Crippen LogP contribution in [0.25, 0.3) is 0 Å². The highest BCUT2D eigenvalue weighted by molar-refractivity contribution is 5.87. The predicted molar refractivity (Wildman–Crippen MR) is 175 cm³/mol. The Labute approximate surface area is 278 Å². The van der Waals surface area contributed by atoms with E-state index in [9.17, 15) is 30.0 Å². The van der Waals surface area contributed by atoms with Gasteiger partial charge >= 0.3 is 5.97 Å². The lowest BCUT2D eigenvalue weighted by Crippen LogP contribution is -2.80. The lowest BCUT2D eigenvalue weighted by molar-refractivity contribution is -0.341. The van der Waals surface area contributed by atoms with Gasteiger partial charge in [-0.15, -0.1) is 0 Å². The summed E-state index contributed by atoms with van der Waals surface area (Å²) in [4.78, 5) is 26.5. The van der Waals surface area contributed by atoms with Crippen molar-refractivity contribution in [2.24, 2.45) is 58.2 Å². The topological polar surface area (TPSA) is 148 Å². The molecule has 0 bridgehead atoms. The minimum atomic E-state index is -1.63. The Bertz CT molecular complexity index is 1430. The number of likely N-dealkylation sites (N-methyl/N-ethyl adjacent to an activating group) is 1. The van der Waals surface area contributed by atoms with Crippen molar-refractivity contribution in [2.75, 3.05) is 26.7 Å². The van der Waals surface area contributed by atoms with Crippen LogP contribution in [0.3, 0.4) is 0 Å². The molecule has 9 nitrogen and oxygen atoms in total. The molecule has 6 N–H and O–H groups in total. The van der Waals surface area contributed by atoms with Crippen molar-refractivity contribution in [1.82, 2.24) is 10.6 Å². The maximum Gasteiger partial charge on any atom is 0.331 e. The van der Waals surface area contributed by atoms with Gasteiger partial charge in [-0.2, -0.15) is 0 Å². The summed E-state index contributed by atoms with van der Waals surface area (Å²) in [6.07, 6.45) is 12.5. The van der Waals surface area contributed by atoms with Gasteiger partial charge in [0.05, 0.1) is 22.7 Å². The molecule has 1 heterocycles. The third kappa shape index (κ3) is 3.99. The van der Waals surface area contributed by atoms with Gasteiger partial charge in [0.25, 0.3) is 0 Å². The zero-order valence-electron chi connectivity index (χ0n) is 28.2. The molecule has 258 valence electrons. The summed E-state index contributed by atoms with van der Waals surface area (Å²) in [5.41, 5.74) is -4.83. The van der Waals surface area contributed by atoms with E-state index in [0.717, 1.165) is 36.9 Å². The number of rotatable bonds is 6. The smallest absolute Gasteiger partial charge is 0.331 e. The minimum absolute atomic E-state index is 0.109. The molecule has 0 amide bonds. The van der Waals surface area contributed by atoms with Gasteiger partial charge in [0, 0.05) is 43.0 Å². The van der Waals surface area contributed by atoms with Crippen LogP contribution in [0.1, 0.15) is 71.6 Å². The molecule has 0 radical (unpaired) electrons. The molecule has 15 atom stereocenters. The van der Waals surface area contributed by atoms with E-state index in [4.69, 9.17) is 4.74 Å². The molecule has 9 heteroatoms. The number of aliphatic hydroxyl groups is 4. The van der Waals surface area contributed by atoms with Gasteiger partial charge in [-0.05, 0) is 111 Å². The largest absolute Gasteiger partial charge is 0.450 e. The van der Waals surface area contributed by atoms with Crippen molar-refractivity contribution in [2.45, 2.75) is 101 Å². The molecule has 0 aromatic rings. The molecular weight excluding hydrogens is 596 g/mol. The molecule has 8 rings (SSSR count). The Hall–Kier alpha value is -1.88. The zero-order valence-corrected chi connectivity index (χ0v) is 28.2. The highest BCUT2D eigenvalue weighted by atomic mass is 16.5. The number of nitrogens with one attached hydrogen (secondary N) is 2. The summed E-state index contributed by atoms with van der Waals surface area (Å²) in [5.74, 6) is -1.38. The number of carbonyl (C=O) groups is 2. The maximum atomic E-state index is 13.7. The summed E-state index contributed by atoms with van der Waals surface area (Å²) < 4.78 is 5.88. The maximum absolute atomic E-state index is 13.7. The number of aldehydes is 1. The molecule has 7 aliphatic carbocycles. The Morgan fingerprint density at radius 1 is 1.09 bits per heavy atom. The van der Waals surface area contributed by atoms with Gasteiger partial charge in [0.1, 0.15) is 18.0 Å². The summed E-state index contributed by atoms with van der Waals surface area (Å²) in [6.45, 7) is 6.46. The number of esters is 1. The molecular formula is C38H54N2O7. The standard InChI is InChI=1S/C38H54N2O7/c1-21-5-4-6-22-14-28-29(42)7-10-35(20-41)30-8-9-34(2)32-23(13-24(19-40-12-11-39-3)33-27(32)16-31(43)47-33)17-37(34,45)36(30,44)18-25(15-26(21)22)38(28,35)46/h4,6,13,16,20-23,25-26,28-30,32-33,39-40,42,44-46H,5,7-12,14-15,17-19H2,1-3H3/t21-,22+,23+,25-,26+,28-,29-,30+,32+,33-,34+,35-,36-,37+,38-/m0/s1. The van der Waals surface area contributed by atoms with Crippen LogP contribution in [0, 0.1) is 58.2 Å². The molecule has 8 aliphatic rings. The van der Waals surface area contributed by atoms with E-state index in [1.807, 2.05) is 7.05 Å². The van der Waals surface area contributed by atoms with Gasteiger partial charge in [-0.25, -0.2) is 4.79 Å². The van der Waals surface area contributed by atoms with Crippen LogP contribution in [-0.2, 0) is 14.3 Å². The average Bonchev–Trinajstić information content (AvgIpc) is 3.48. The number of aliphatic hydroxyl groups excluding tert-OH is 1. The van der Waals surface area contributed by atoms with Crippen molar-refractivity contribution in [3.05, 3.63) is 35.5 Å². The van der Waals surface area contributed by atoms with Gasteiger partial charge in [-0.3, -0.25) is 0 Å². The monoisotopic (exact) mass is 650 g/mol. The Balaban J connectivity index is 1.23. The van der Waals surface area contributed by atoms with Gasteiger partial charge in [-0.1, -0.05) is 32.1 Å². The van der Waals surface area contributed by atoms with E-state index in [1.54, 1.807) is 6.08 Å². The van der Waals surface area contributed by atoms with Crippen LogP contribution >= 0.6 is 0 Å². The first-order valence-electron chi connectivity index (χ1n) is 18.3. The number of hydrogen-bond donors (Lipinski definition) is 6. The van der Waals surface area contributed by atoms with Crippen LogP contribution in [0.2, 0.25) is 0 Å². The van der Waals surface area contributed by atoms with E-state index >= 15 is 0 Å². The second kappa shape index (κ2) is 10.8. The summed E-state index contributed by atoms with van der Waals surface area (Å²) in [6, 6.07) is 0. The van der Waals surface area contributed by atoms with Crippen molar-refractivity contribution < 1.29 is 34.8 Å². The van der Waals surface area contributed by atoms with Crippen molar-refractivity contribution >= 4 is 12.3 Å². The highest BCUT2D eigenvalue weighted by Crippen LogP contribution is 2.76. The number of carbonyl (C=O) groups excluding carboxylic acids is 2. The SMILES string of the molecule is CNCCNCC1=C[C@@H]2C[C@@]3(O)[C@](C)(CC[C@H]4[C@@]3(O)C[C@@H]3C[C@H]5[C@H](C=CC[C@@H]5C)C[C@H]5[C@@H](O)CC[C@@]4(C=O)[C@]35O)[C@H]2C2=CC(=O)O[C@@H]12. The zero-order chi connectivity index (χ0) is 33.1. The lowest BCUT2D eigenvalue weighted by Gasteiger charge is -2.71. The molecule has 0 unspecified atom stereocenters. The molecule has 47 heavy (non-hydrogen) atoms. The fourth-order valence-electron chi connectivity index (χ4n) is 13.5. The van der Waals surface area contributed by atoms with Gasteiger partial charge in [0.15, 0.2) is 0 Å². The van der Waals surface area contributed by atoms with Crippen molar-refractivity contribution in [3.63, 3.8) is 0 Å².